The molecule has 264 valence electrons. The number of carbonyl (C=O) groups is 1. The molecule has 5 aliphatic rings. The summed E-state index contributed by atoms with van der Waals surface area (Å²) in [6.45, 7) is 4.45. The molecular weight excluding hydrogens is 685 g/mol. The summed E-state index contributed by atoms with van der Waals surface area (Å²) in [6, 6.07) is 16.9. The van der Waals surface area contributed by atoms with Crippen LogP contribution in [0.1, 0.15) is 53.6 Å². The second-order valence-electron chi connectivity index (χ2n) is 14.8. The van der Waals surface area contributed by atoms with Gasteiger partial charge in [-0.2, -0.15) is 0 Å². The topological polar surface area (TPSA) is 89.1 Å². The van der Waals surface area contributed by atoms with Crippen molar-refractivity contribution in [2.45, 2.75) is 50.3 Å². The number of aromatic nitrogens is 2. The molecule has 2 aromatic carbocycles. The molecule has 9 nitrogen and oxygen atoms in total. The molecule has 2 atom stereocenters. The molecule has 5 heterocycles. The highest BCUT2D eigenvalue weighted by molar-refractivity contribution is 6.39. The predicted molar refractivity (Wildman–Crippen MR) is 198 cm³/mol. The SMILES string of the molecule is COc1nc(-c2cccc(-c3cccc(-c4cc5c(c(OC)n4)[C@@H](N4CC6(CNC(=O)C6)C4)CC5)c3Cl)c2Cl)cc2c1[C@H](N1CC(OC)C1)CC2. The van der Waals surface area contributed by atoms with Crippen molar-refractivity contribution in [2.75, 3.05) is 54.1 Å². The van der Waals surface area contributed by atoms with Gasteiger partial charge in [-0.05, 0) is 48.9 Å². The molecule has 4 aromatic rings. The minimum Gasteiger partial charge on any atom is -0.481 e. The molecule has 2 aliphatic carbocycles. The van der Waals surface area contributed by atoms with Crippen molar-refractivity contribution in [2.24, 2.45) is 5.41 Å². The first-order valence-corrected chi connectivity index (χ1v) is 18.6. The van der Waals surface area contributed by atoms with Gasteiger partial charge in [0.2, 0.25) is 17.7 Å². The first kappa shape index (κ1) is 33.1. The van der Waals surface area contributed by atoms with Crippen LogP contribution in [0.3, 0.4) is 0 Å². The smallest absolute Gasteiger partial charge is 0.220 e. The third kappa shape index (κ3) is 5.43. The number of fused-ring (bicyclic) bond motifs is 2. The maximum Gasteiger partial charge on any atom is 0.220 e. The van der Waals surface area contributed by atoms with Crippen molar-refractivity contribution in [1.29, 1.82) is 0 Å². The number of pyridine rings is 2. The van der Waals surface area contributed by atoms with E-state index < -0.39 is 0 Å². The average Bonchev–Trinajstić information content (AvgIpc) is 3.84. The highest BCUT2D eigenvalue weighted by atomic mass is 35.5. The number of carbonyl (C=O) groups excluding carboxylic acids is 1. The molecule has 0 saturated carbocycles. The number of amides is 1. The van der Waals surface area contributed by atoms with E-state index in [4.69, 9.17) is 47.4 Å². The number of hydrogen-bond donors (Lipinski definition) is 1. The molecule has 9 rings (SSSR count). The van der Waals surface area contributed by atoms with E-state index in [0.29, 0.717) is 34.3 Å². The number of benzene rings is 2. The number of hydrogen-bond acceptors (Lipinski definition) is 8. The monoisotopic (exact) mass is 725 g/mol. The van der Waals surface area contributed by atoms with E-state index in [1.54, 1.807) is 21.3 Å². The summed E-state index contributed by atoms with van der Waals surface area (Å²) in [4.78, 5) is 26.9. The van der Waals surface area contributed by atoms with E-state index in [2.05, 4.69) is 27.2 Å². The zero-order chi connectivity index (χ0) is 35.0. The molecule has 0 unspecified atom stereocenters. The molecule has 0 bridgehead atoms. The van der Waals surface area contributed by atoms with Crippen LogP contribution in [0.5, 0.6) is 11.8 Å². The van der Waals surface area contributed by atoms with Gasteiger partial charge in [0.15, 0.2) is 0 Å². The van der Waals surface area contributed by atoms with E-state index >= 15 is 0 Å². The summed E-state index contributed by atoms with van der Waals surface area (Å²) in [5.74, 6) is 1.46. The van der Waals surface area contributed by atoms with Crippen LogP contribution in [0, 0.1) is 5.41 Å². The van der Waals surface area contributed by atoms with Crippen LogP contribution in [0.4, 0.5) is 0 Å². The minimum atomic E-state index is 0.0707. The summed E-state index contributed by atoms with van der Waals surface area (Å²) in [5, 5.41) is 4.18. The molecule has 11 heteroatoms. The zero-order valence-corrected chi connectivity index (χ0v) is 30.6. The number of methoxy groups -OCH3 is 3. The Kier molecular flexibility index (Phi) is 8.28. The Bertz CT molecular complexity index is 2060. The van der Waals surface area contributed by atoms with Crippen molar-refractivity contribution in [3.8, 4) is 45.4 Å². The van der Waals surface area contributed by atoms with Crippen molar-refractivity contribution in [1.82, 2.24) is 25.1 Å². The fourth-order valence-electron chi connectivity index (χ4n) is 9.24. The summed E-state index contributed by atoms with van der Waals surface area (Å²) in [6.07, 6.45) is 4.83. The number of rotatable bonds is 8. The summed E-state index contributed by atoms with van der Waals surface area (Å²) in [7, 11) is 5.16. The van der Waals surface area contributed by atoms with Crippen LogP contribution < -0.4 is 14.8 Å². The molecule has 3 aliphatic heterocycles. The van der Waals surface area contributed by atoms with Gasteiger partial charge in [-0.1, -0.05) is 59.6 Å². The quantitative estimate of drug-likeness (QED) is 0.209. The Labute approximate surface area is 308 Å². The lowest BCUT2D eigenvalue weighted by Gasteiger charge is -2.50. The van der Waals surface area contributed by atoms with Crippen LogP contribution >= 0.6 is 23.2 Å². The normalized spacial score (nSPS) is 22.4. The Balaban J connectivity index is 1.02. The molecule has 3 fully saturated rings. The van der Waals surface area contributed by atoms with E-state index in [1.807, 2.05) is 36.4 Å². The van der Waals surface area contributed by atoms with Crippen molar-refractivity contribution >= 4 is 29.1 Å². The summed E-state index contributed by atoms with van der Waals surface area (Å²) >= 11 is 14.5. The van der Waals surface area contributed by atoms with Gasteiger partial charge in [-0.25, -0.2) is 9.97 Å². The highest BCUT2D eigenvalue weighted by Gasteiger charge is 2.51. The van der Waals surface area contributed by atoms with Gasteiger partial charge in [0.25, 0.3) is 0 Å². The minimum absolute atomic E-state index is 0.0707. The van der Waals surface area contributed by atoms with Crippen LogP contribution in [-0.2, 0) is 22.4 Å². The number of nitrogens with one attached hydrogen (secondary N) is 1. The van der Waals surface area contributed by atoms with Gasteiger partial charge < -0.3 is 19.5 Å². The standard InChI is InChI=1S/C40H41Cl2N5O4/c1-49-24-17-46(18-24)31-12-10-22-14-29(44-38(50-2)34(22)31)27-8-4-6-25(36(27)41)26-7-5-9-28(37(26)42)30-15-23-11-13-32(35(23)39(45-30)51-3)47-20-40(21-47)16-33(48)43-19-40/h4-9,14-15,24,31-32H,10-13,16-21H2,1-3H3,(H,43,48)/t31-,32+/m1/s1. The van der Waals surface area contributed by atoms with Gasteiger partial charge in [-0.3, -0.25) is 14.6 Å². The lowest BCUT2D eigenvalue weighted by atomic mass is 9.77. The number of likely N-dealkylation sites (tertiary alicyclic amines) is 2. The van der Waals surface area contributed by atoms with E-state index in [-0.39, 0.29) is 23.4 Å². The number of aryl methyl sites for hydroxylation is 2. The van der Waals surface area contributed by atoms with Crippen LogP contribution in [0.2, 0.25) is 10.0 Å². The molecule has 3 saturated heterocycles. The molecule has 2 aromatic heterocycles. The van der Waals surface area contributed by atoms with Gasteiger partial charge in [-0.15, -0.1) is 0 Å². The van der Waals surface area contributed by atoms with Crippen LogP contribution in [0.15, 0.2) is 48.5 Å². The molecule has 1 amide bonds. The van der Waals surface area contributed by atoms with Gasteiger partial charge >= 0.3 is 0 Å². The fourth-order valence-corrected chi connectivity index (χ4v) is 9.89. The first-order valence-electron chi connectivity index (χ1n) is 17.8. The highest BCUT2D eigenvalue weighted by Crippen LogP contribution is 2.50. The van der Waals surface area contributed by atoms with Gasteiger partial charge in [0, 0.05) is 97.1 Å². The Hall–Kier alpha value is -3.73. The fraction of sp³-hybridized carbons (Fsp3) is 0.425. The van der Waals surface area contributed by atoms with E-state index in [0.717, 1.165) is 97.6 Å². The Morgan fingerprint density at radius 2 is 1.27 bits per heavy atom. The molecule has 1 spiro atoms. The largest absolute Gasteiger partial charge is 0.481 e. The predicted octanol–water partition coefficient (Wildman–Crippen LogP) is 6.93. The Morgan fingerprint density at radius 1 is 0.765 bits per heavy atom. The summed E-state index contributed by atoms with van der Waals surface area (Å²) in [5.41, 5.74) is 9.75. The van der Waals surface area contributed by atoms with Crippen molar-refractivity contribution in [3.63, 3.8) is 0 Å². The number of ether oxygens (including phenoxy) is 3. The molecule has 0 radical (unpaired) electrons. The maximum absolute atomic E-state index is 11.9. The third-order valence-corrected chi connectivity index (χ3v) is 12.7. The maximum atomic E-state index is 11.9. The van der Waals surface area contributed by atoms with Crippen molar-refractivity contribution in [3.05, 3.63) is 80.8 Å². The van der Waals surface area contributed by atoms with Crippen molar-refractivity contribution < 1.29 is 19.0 Å². The first-order chi connectivity index (χ1) is 24.8. The second kappa shape index (κ2) is 12.7. The number of halogens is 2. The van der Waals surface area contributed by atoms with Gasteiger partial charge in [0.05, 0.1) is 41.8 Å². The molecule has 51 heavy (non-hydrogen) atoms. The summed E-state index contributed by atoms with van der Waals surface area (Å²) < 4.78 is 17.4. The zero-order valence-electron chi connectivity index (χ0n) is 29.1. The lowest BCUT2D eigenvalue weighted by Crippen LogP contribution is -2.58. The Morgan fingerprint density at radius 3 is 1.75 bits per heavy atom. The molecular formula is C40H41Cl2N5O4. The van der Waals surface area contributed by atoms with E-state index in [1.165, 1.54) is 16.7 Å². The number of nitrogens with zero attached hydrogens (tertiary/aromatic N) is 4. The second-order valence-corrected chi connectivity index (χ2v) is 15.5. The van der Waals surface area contributed by atoms with E-state index in [9.17, 15) is 4.79 Å². The van der Waals surface area contributed by atoms with Crippen LogP contribution in [0.25, 0.3) is 33.6 Å². The van der Waals surface area contributed by atoms with Gasteiger partial charge in [0.1, 0.15) is 0 Å². The lowest BCUT2D eigenvalue weighted by molar-refractivity contribution is -0.121. The van der Waals surface area contributed by atoms with Crippen LogP contribution in [-0.4, -0.2) is 85.8 Å². The third-order valence-electron chi connectivity index (χ3n) is 11.8. The molecule has 1 N–H and O–H groups in total. The average molecular weight is 727 g/mol.